The molecule has 0 spiro atoms. The molecule has 4 nitrogen and oxygen atoms in total. The number of hydrogen-bond acceptors (Lipinski definition) is 3. The van der Waals surface area contributed by atoms with Crippen molar-refractivity contribution in [2.75, 3.05) is 0 Å². The van der Waals surface area contributed by atoms with Crippen LogP contribution in [0.5, 0.6) is 0 Å². The highest BCUT2D eigenvalue weighted by molar-refractivity contribution is 7.18. The van der Waals surface area contributed by atoms with Gasteiger partial charge in [0.1, 0.15) is 5.56 Å². The van der Waals surface area contributed by atoms with E-state index in [2.05, 4.69) is 10.2 Å². The fraction of sp³-hybridized carbons (Fsp3) is 0. The van der Waals surface area contributed by atoms with E-state index in [0.29, 0.717) is 5.69 Å². The summed E-state index contributed by atoms with van der Waals surface area (Å²) in [4.78, 5) is 13.0. The molecule has 0 atom stereocenters. The highest BCUT2D eigenvalue weighted by Gasteiger charge is 2.15. The first kappa shape index (κ1) is 11.7. The number of hydrogen-bond donors (Lipinski definition) is 2. The molecule has 0 radical (unpaired) electrons. The van der Waals surface area contributed by atoms with E-state index in [4.69, 9.17) is 5.11 Å². The number of aromatic nitrogens is 2. The molecule has 0 unspecified atom stereocenters. The molecule has 0 fully saturated rings. The molecule has 0 bridgehead atoms. The van der Waals surface area contributed by atoms with Gasteiger partial charge in [0, 0.05) is 4.88 Å². The van der Waals surface area contributed by atoms with Crippen LogP contribution in [0.2, 0.25) is 0 Å². The second-order valence-corrected chi connectivity index (χ2v) is 5.08. The van der Waals surface area contributed by atoms with Gasteiger partial charge in [-0.15, -0.1) is 11.3 Å². The lowest BCUT2D eigenvalue weighted by atomic mass is 10.2. The number of rotatable bonds is 3. The smallest absolute Gasteiger partial charge is 0.339 e. The second kappa shape index (κ2) is 4.70. The van der Waals surface area contributed by atoms with Gasteiger partial charge in [-0.2, -0.15) is 5.10 Å². The molecule has 5 heteroatoms. The van der Waals surface area contributed by atoms with E-state index < -0.39 is 5.97 Å². The third kappa shape index (κ3) is 2.15. The van der Waals surface area contributed by atoms with Gasteiger partial charge in [0.15, 0.2) is 0 Å². The molecule has 0 saturated heterocycles. The van der Waals surface area contributed by atoms with Gasteiger partial charge >= 0.3 is 5.97 Å². The summed E-state index contributed by atoms with van der Waals surface area (Å²) in [5.74, 6) is -0.974. The SMILES string of the molecule is O=C(O)c1cn[nH]c1-c1ccc(-c2ccccc2)s1. The Labute approximate surface area is 113 Å². The molecule has 0 aliphatic rings. The number of carboxylic acid groups (broad SMARTS) is 1. The van der Waals surface area contributed by atoms with Crippen molar-refractivity contribution in [3.63, 3.8) is 0 Å². The summed E-state index contributed by atoms with van der Waals surface area (Å²) < 4.78 is 0. The van der Waals surface area contributed by atoms with E-state index in [1.54, 1.807) is 11.3 Å². The topological polar surface area (TPSA) is 66.0 Å². The first-order valence-electron chi connectivity index (χ1n) is 5.68. The van der Waals surface area contributed by atoms with Gasteiger partial charge in [0.25, 0.3) is 0 Å². The van der Waals surface area contributed by atoms with Gasteiger partial charge < -0.3 is 5.11 Å². The number of aromatic carboxylic acids is 1. The highest BCUT2D eigenvalue weighted by Crippen LogP contribution is 2.34. The van der Waals surface area contributed by atoms with Crippen LogP contribution in [0.15, 0.2) is 48.7 Å². The fourth-order valence-electron chi connectivity index (χ4n) is 1.87. The Balaban J connectivity index is 2.02. The van der Waals surface area contributed by atoms with Crippen molar-refractivity contribution in [1.82, 2.24) is 10.2 Å². The molecule has 0 saturated carbocycles. The Kier molecular flexibility index (Phi) is 2.89. The first-order valence-corrected chi connectivity index (χ1v) is 6.49. The number of thiophene rings is 1. The van der Waals surface area contributed by atoms with Crippen LogP contribution in [0, 0.1) is 0 Å². The summed E-state index contributed by atoms with van der Waals surface area (Å²) in [5.41, 5.74) is 1.87. The van der Waals surface area contributed by atoms with Crippen LogP contribution >= 0.6 is 11.3 Å². The molecule has 0 aliphatic carbocycles. The highest BCUT2D eigenvalue weighted by atomic mass is 32.1. The second-order valence-electron chi connectivity index (χ2n) is 3.99. The van der Waals surface area contributed by atoms with Crippen molar-refractivity contribution >= 4 is 17.3 Å². The predicted molar refractivity (Wildman–Crippen MR) is 74.3 cm³/mol. The lowest BCUT2D eigenvalue weighted by Gasteiger charge is -1.96. The lowest BCUT2D eigenvalue weighted by Crippen LogP contribution is -1.95. The largest absolute Gasteiger partial charge is 0.478 e. The molecular weight excluding hydrogens is 260 g/mol. The molecule has 3 aromatic rings. The van der Waals surface area contributed by atoms with Crippen molar-refractivity contribution in [1.29, 1.82) is 0 Å². The summed E-state index contributed by atoms with van der Waals surface area (Å²) in [5, 5.41) is 15.6. The van der Waals surface area contributed by atoms with E-state index in [-0.39, 0.29) is 5.56 Å². The van der Waals surface area contributed by atoms with Gasteiger partial charge in [0.2, 0.25) is 0 Å². The third-order valence-electron chi connectivity index (χ3n) is 2.78. The van der Waals surface area contributed by atoms with Crippen LogP contribution in [0.1, 0.15) is 10.4 Å². The molecule has 2 aromatic heterocycles. The Morgan fingerprint density at radius 1 is 1.11 bits per heavy atom. The third-order valence-corrected chi connectivity index (χ3v) is 3.93. The van der Waals surface area contributed by atoms with Crippen LogP contribution in [0.25, 0.3) is 21.0 Å². The van der Waals surface area contributed by atoms with Crippen molar-refractivity contribution in [3.05, 3.63) is 54.2 Å². The zero-order chi connectivity index (χ0) is 13.2. The summed E-state index contributed by atoms with van der Waals surface area (Å²) >= 11 is 1.54. The van der Waals surface area contributed by atoms with E-state index in [0.717, 1.165) is 15.3 Å². The number of nitrogens with zero attached hydrogens (tertiary/aromatic N) is 1. The maximum Gasteiger partial charge on any atom is 0.339 e. The lowest BCUT2D eigenvalue weighted by molar-refractivity contribution is 0.0698. The Morgan fingerprint density at radius 2 is 1.84 bits per heavy atom. The van der Waals surface area contributed by atoms with E-state index in [9.17, 15) is 4.79 Å². The van der Waals surface area contributed by atoms with Gasteiger partial charge in [-0.05, 0) is 17.7 Å². The molecule has 0 aliphatic heterocycles. The van der Waals surface area contributed by atoms with Crippen LogP contribution in [0.3, 0.4) is 0 Å². The molecule has 3 rings (SSSR count). The quantitative estimate of drug-likeness (QED) is 0.765. The van der Waals surface area contributed by atoms with Gasteiger partial charge in [-0.3, -0.25) is 5.10 Å². The van der Waals surface area contributed by atoms with Crippen molar-refractivity contribution in [3.8, 4) is 21.0 Å². The van der Waals surface area contributed by atoms with Gasteiger partial charge in [-0.25, -0.2) is 4.79 Å². The van der Waals surface area contributed by atoms with Crippen LogP contribution in [-0.4, -0.2) is 21.3 Å². The molecular formula is C14H10N2O2S. The number of carbonyl (C=O) groups is 1. The standard InChI is InChI=1S/C14H10N2O2S/c17-14(18)10-8-15-16-13(10)12-7-6-11(19-12)9-4-2-1-3-5-9/h1-8H,(H,15,16)(H,17,18). The maximum absolute atomic E-state index is 11.1. The van der Waals surface area contributed by atoms with Crippen LogP contribution in [0.4, 0.5) is 0 Å². The normalized spacial score (nSPS) is 10.5. The Bertz CT molecular complexity index is 716. The summed E-state index contributed by atoms with van der Waals surface area (Å²) in [6.07, 6.45) is 1.33. The fourth-order valence-corrected chi connectivity index (χ4v) is 2.89. The zero-order valence-corrected chi connectivity index (χ0v) is 10.6. The Hall–Kier alpha value is -2.40. The van der Waals surface area contributed by atoms with Crippen molar-refractivity contribution in [2.45, 2.75) is 0 Å². The minimum absolute atomic E-state index is 0.196. The number of carboxylic acids is 1. The van der Waals surface area contributed by atoms with Crippen molar-refractivity contribution in [2.24, 2.45) is 0 Å². The van der Waals surface area contributed by atoms with Gasteiger partial charge in [0.05, 0.1) is 16.8 Å². The molecule has 1 aromatic carbocycles. The number of nitrogens with one attached hydrogen (secondary N) is 1. The molecule has 2 N–H and O–H groups in total. The van der Waals surface area contributed by atoms with Crippen LogP contribution in [-0.2, 0) is 0 Å². The summed E-state index contributed by atoms with van der Waals surface area (Å²) in [6.45, 7) is 0. The monoisotopic (exact) mass is 270 g/mol. The number of H-pyrrole nitrogens is 1. The van der Waals surface area contributed by atoms with Crippen molar-refractivity contribution < 1.29 is 9.90 Å². The molecule has 94 valence electrons. The predicted octanol–water partition coefficient (Wildman–Crippen LogP) is 3.50. The molecule has 0 amide bonds. The van der Waals surface area contributed by atoms with Gasteiger partial charge in [-0.1, -0.05) is 30.3 Å². The maximum atomic E-state index is 11.1. The molecule has 2 heterocycles. The van der Waals surface area contributed by atoms with E-state index in [1.807, 2.05) is 42.5 Å². The van der Waals surface area contributed by atoms with E-state index in [1.165, 1.54) is 6.20 Å². The zero-order valence-electron chi connectivity index (χ0n) is 9.83. The minimum Gasteiger partial charge on any atom is -0.478 e. The summed E-state index contributed by atoms with van der Waals surface area (Å²) in [6, 6.07) is 13.9. The summed E-state index contributed by atoms with van der Waals surface area (Å²) in [7, 11) is 0. The Morgan fingerprint density at radius 3 is 2.58 bits per heavy atom. The average Bonchev–Trinajstić information content (AvgIpc) is 3.08. The molecule has 19 heavy (non-hydrogen) atoms. The average molecular weight is 270 g/mol. The number of benzene rings is 1. The first-order chi connectivity index (χ1) is 9.25. The minimum atomic E-state index is -0.974. The van der Waals surface area contributed by atoms with Crippen LogP contribution < -0.4 is 0 Å². The number of aromatic amines is 1. The van der Waals surface area contributed by atoms with E-state index >= 15 is 0 Å².